The number of aliphatic hydroxyl groups excluding tert-OH is 1. The molecular weight excluding hydrogens is 290 g/mol. The van der Waals surface area contributed by atoms with E-state index >= 15 is 0 Å². The molecule has 0 saturated carbocycles. The van der Waals surface area contributed by atoms with Gasteiger partial charge in [0.25, 0.3) is 5.91 Å². The van der Waals surface area contributed by atoms with E-state index in [9.17, 15) is 9.59 Å². The van der Waals surface area contributed by atoms with Crippen molar-refractivity contribution in [3.8, 4) is 0 Å². The maximum atomic E-state index is 11.8. The molecule has 92 valence electrons. The van der Waals surface area contributed by atoms with Crippen molar-refractivity contribution in [1.29, 1.82) is 0 Å². The van der Waals surface area contributed by atoms with E-state index in [0.717, 1.165) is 4.47 Å². The van der Waals surface area contributed by atoms with Crippen molar-refractivity contribution in [3.63, 3.8) is 0 Å². The van der Waals surface area contributed by atoms with Gasteiger partial charge in [-0.2, -0.15) is 0 Å². The summed E-state index contributed by atoms with van der Waals surface area (Å²) in [7, 11) is 0. The van der Waals surface area contributed by atoms with Crippen LogP contribution in [0.15, 0.2) is 22.7 Å². The number of aliphatic carboxylic acids is 1. The maximum absolute atomic E-state index is 11.8. The third-order valence-electron chi connectivity index (χ3n) is 2.30. The van der Waals surface area contributed by atoms with Crippen molar-refractivity contribution in [2.75, 3.05) is 6.61 Å². The number of aliphatic hydroxyl groups is 1. The standard InChI is InChI=1S/C11H12BrNO4/c1-6-7(3-2-4-8(6)12)10(15)13-9(5-14)11(16)17/h2-4,9,14H,5H2,1H3,(H,13,15)(H,16,17)/t9-/m1/s1. The van der Waals surface area contributed by atoms with Gasteiger partial charge >= 0.3 is 5.97 Å². The molecule has 0 aliphatic heterocycles. The largest absolute Gasteiger partial charge is 0.480 e. The van der Waals surface area contributed by atoms with Crippen LogP contribution < -0.4 is 5.32 Å². The fourth-order valence-corrected chi connectivity index (χ4v) is 1.64. The van der Waals surface area contributed by atoms with Gasteiger partial charge in [0.2, 0.25) is 0 Å². The zero-order valence-corrected chi connectivity index (χ0v) is 10.7. The highest BCUT2D eigenvalue weighted by molar-refractivity contribution is 9.10. The minimum Gasteiger partial charge on any atom is -0.480 e. The monoisotopic (exact) mass is 301 g/mol. The summed E-state index contributed by atoms with van der Waals surface area (Å²) in [5.74, 6) is -1.79. The van der Waals surface area contributed by atoms with E-state index in [1.54, 1.807) is 25.1 Å². The van der Waals surface area contributed by atoms with E-state index in [-0.39, 0.29) is 0 Å². The molecule has 3 N–H and O–H groups in total. The van der Waals surface area contributed by atoms with Crippen molar-refractivity contribution in [3.05, 3.63) is 33.8 Å². The SMILES string of the molecule is Cc1c(Br)cccc1C(=O)N[C@H](CO)C(=O)O. The number of hydrogen-bond donors (Lipinski definition) is 3. The average molecular weight is 302 g/mol. The van der Waals surface area contributed by atoms with Gasteiger partial charge in [0, 0.05) is 10.0 Å². The molecule has 0 bridgehead atoms. The number of carbonyl (C=O) groups excluding carboxylic acids is 1. The highest BCUT2D eigenvalue weighted by atomic mass is 79.9. The van der Waals surface area contributed by atoms with Gasteiger partial charge in [-0.15, -0.1) is 0 Å². The number of hydrogen-bond acceptors (Lipinski definition) is 3. The first-order valence-electron chi connectivity index (χ1n) is 4.87. The molecule has 0 aromatic heterocycles. The number of halogens is 1. The van der Waals surface area contributed by atoms with Crippen LogP contribution in [0.4, 0.5) is 0 Å². The van der Waals surface area contributed by atoms with E-state index < -0.39 is 24.5 Å². The summed E-state index contributed by atoms with van der Waals surface area (Å²) >= 11 is 3.28. The van der Waals surface area contributed by atoms with Gasteiger partial charge in [0.1, 0.15) is 0 Å². The minimum absolute atomic E-state index is 0.374. The Kier molecular flexibility index (Phi) is 4.65. The predicted octanol–water partition coefficient (Wildman–Crippen LogP) is 0.933. The average Bonchev–Trinajstić information content (AvgIpc) is 2.28. The quantitative estimate of drug-likeness (QED) is 0.772. The topological polar surface area (TPSA) is 86.6 Å². The molecule has 1 amide bonds. The first-order valence-corrected chi connectivity index (χ1v) is 5.66. The second kappa shape index (κ2) is 5.79. The third kappa shape index (κ3) is 3.28. The zero-order valence-electron chi connectivity index (χ0n) is 9.11. The Morgan fingerprint density at radius 2 is 2.12 bits per heavy atom. The van der Waals surface area contributed by atoms with E-state index in [2.05, 4.69) is 21.2 Å². The molecular formula is C11H12BrNO4. The van der Waals surface area contributed by atoms with E-state index in [1.165, 1.54) is 0 Å². The molecule has 17 heavy (non-hydrogen) atoms. The molecule has 1 atom stereocenters. The van der Waals surface area contributed by atoms with Gasteiger partial charge in [-0.25, -0.2) is 4.79 Å². The van der Waals surface area contributed by atoms with Crippen LogP contribution in [0.2, 0.25) is 0 Å². The molecule has 0 radical (unpaired) electrons. The van der Waals surface area contributed by atoms with Crippen LogP contribution in [0, 0.1) is 6.92 Å². The lowest BCUT2D eigenvalue weighted by atomic mass is 10.1. The molecule has 1 rings (SSSR count). The lowest BCUT2D eigenvalue weighted by Gasteiger charge is -2.13. The molecule has 0 fully saturated rings. The van der Waals surface area contributed by atoms with Gasteiger partial charge in [0.05, 0.1) is 6.61 Å². The smallest absolute Gasteiger partial charge is 0.328 e. The van der Waals surface area contributed by atoms with Crippen LogP contribution in [0.3, 0.4) is 0 Å². The number of benzene rings is 1. The van der Waals surface area contributed by atoms with E-state index in [1.807, 2.05) is 0 Å². The Balaban J connectivity index is 2.90. The first-order chi connectivity index (χ1) is 7.97. The molecule has 0 unspecified atom stereocenters. The Hall–Kier alpha value is -1.40. The summed E-state index contributed by atoms with van der Waals surface area (Å²) in [5, 5.41) is 19.8. The maximum Gasteiger partial charge on any atom is 0.328 e. The normalized spacial score (nSPS) is 11.9. The predicted molar refractivity (Wildman–Crippen MR) is 64.9 cm³/mol. The van der Waals surface area contributed by atoms with Gasteiger partial charge in [-0.3, -0.25) is 4.79 Å². The van der Waals surface area contributed by atoms with Gasteiger partial charge in [-0.1, -0.05) is 22.0 Å². The van der Waals surface area contributed by atoms with Crippen LogP contribution in [0.1, 0.15) is 15.9 Å². The lowest BCUT2D eigenvalue weighted by molar-refractivity contribution is -0.140. The summed E-state index contributed by atoms with van der Waals surface area (Å²) in [5.41, 5.74) is 1.09. The zero-order chi connectivity index (χ0) is 13.0. The van der Waals surface area contributed by atoms with Crippen LogP contribution in [-0.2, 0) is 4.79 Å². The second-order valence-corrected chi connectivity index (χ2v) is 4.31. The summed E-state index contributed by atoms with van der Waals surface area (Å²) in [6, 6.07) is 3.76. The Morgan fingerprint density at radius 1 is 1.47 bits per heavy atom. The summed E-state index contributed by atoms with van der Waals surface area (Å²) in [4.78, 5) is 22.5. The number of amides is 1. The second-order valence-electron chi connectivity index (χ2n) is 3.46. The van der Waals surface area contributed by atoms with Crippen molar-refractivity contribution >= 4 is 27.8 Å². The molecule has 1 aromatic rings. The highest BCUT2D eigenvalue weighted by Gasteiger charge is 2.20. The Labute approximate surface area is 107 Å². The van der Waals surface area contributed by atoms with Crippen molar-refractivity contribution in [2.45, 2.75) is 13.0 Å². The number of carboxylic acids is 1. The number of carbonyl (C=O) groups is 2. The summed E-state index contributed by atoms with van der Waals surface area (Å²) in [6.07, 6.45) is 0. The summed E-state index contributed by atoms with van der Waals surface area (Å²) < 4.78 is 0.765. The highest BCUT2D eigenvalue weighted by Crippen LogP contribution is 2.19. The number of carboxylic acid groups (broad SMARTS) is 1. The molecule has 6 heteroatoms. The number of rotatable bonds is 4. The molecule has 0 aliphatic carbocycles. The van der Waals surface area contributed by atoms with Crippen molar-refractivity contribution < 1.29 is 19.8 Å². The van der Waals surface area contributed by atoms with E-state index in [0.29, 0.717) is 11.1 Å². The van der Waals surface area contributed by atoms with Gasteiger partial charge < -0.3 is 15.5 Å². The molecule has 0 saturated heterocycles. The fraction of sp³-hybridized carbons (Fsp3) is 0.273. The third-order valence-corrected chi connectivity index (χ3v) is 3.16. The van der Waals surface area contributed by atoms with Crippen LogP contribution in [-0.4, -0.2) is 34.7 Å². The molecule has 5 nitrogen and oxygen atoms in total. The van der Waals surface area contributed by atoms with Gasteiger partial charge in [0.15, 0.2) is 6.04 Å². The number of nitrogens with one attached hydrogen (secondary N) is 1. The fourth-order valence-electron chi connectivity index (χ4n) is 1.27. The summed E-state index contributed by atoms with van der Waals surface area (Å²) in [6.45, 7) is 1.10. The molecule has 0 heterocycles. The Bertz CT molecular complexity index is 447. The molecule has 0 spiro atoms. The lowest BCUT2D eigenvalue weighted by Crippen LogP contribution is -2.43. The first kappa shape index (κ1) is 13.7. The van der Waals surface area contributed by atoms with Crippen LogP contribution in [0.25, 0.3) is 0 Å². The Morgan fingerprint density at radius 3 is 2.65 bits per heavy atom. The van der Waals surface area contributed by atoms with Crippen molar-refractivity contribution in [1.82, 2.24) is 5.32 Å². The molecule has 0 aliphatic rings. The van der Waals surface area contributed by atoms with Crippen molar-refractivity contribution in [2.24, 2.45) is 0 Å². The van der Waals surface area contributed by atoms with Crippen LogP contribution in [0.5, 0.6) is 0 Å². The van der Waals surface area contributed by atoms with Gasteiger partial charge in [-0.05, 0) is 24.6 Å². The van der Waals surface area contributed by atoms with E-state index in [4.69, 9.17) is 10.2 Å². The van der Waals surface area contributed by atoms with Crippen LogP contribution >= 0.6 is 15.9 Å². The molecule has 1 aromatic carbocycles. The minimum atomic E-state index is -1.29.